The Morgan fingerprint density at radius 3 is 2.84 bits per heavy atom. The molecule has 0 spiro atoms. The first kappa shape index (κ1) is 17.7. The topological polar surface area (TPSA) is 81.4 Å². The van der Waals surface area contributed by atoms with E-state index in [1.807, 2.05) is 28.9 Å². The van der Waals surface area contributed by atoms with E-state index in [0.717, 1.165) is 49.7 Å². The summed E-state index contributed by atoms with van der Waals surface area (Å²) >= 11 is 0. The molecule has 0 amide bonds. The number of aliphatic hydroxyl groups is 1. The lowest BCUT2D eigenvalue weighted by molar-refractivity contribution is 0.261. The molecule has 0 saturated carbocycles. The Morgan fingerprint density at radius 2 is 2.08 bits per heavy atom. The molecule has 0 atom stereocenters. The molecule has 0 radical (unpaired) electrons. The number of hydrogen-bond donors (Lipinski definition) is 2. The zero-order valence-corrected chi connectivity index (χ0v) is 14.6. The lowest BCUT2D eigenvalue weighted by Crippen LogP contribution is -2.29. The van der Waals surface area contributed by atoms with Crippen molar-refractivity contribution >= 4 is 0 Å². The van der Waals surface area contributed by atoms with Crippen molar-refractivity contribution in [2.75, 3.05) is 26.8 Å². The van der Waals surface area contributed by atoms with E-state index in [1.165, 1.54) is 0 Å². The Labute approximate surface area is 148 Å². The van der Waals surface area contributed by atoms with E-state index in [0.29, 0.717) is 24.9 Å². The maximum Gasteiger partial charge on any atom is 0.188 e. The highest BCUT2D eigenvalue weighted by Gasteiger charge is 2.18. The molecule has 7 nitrogen and oxygen atoms in total. The van der Waals surface area contributed by atoms with Crippen LogP contribution in [-0.4, -0.2) is 46.7 Å². The van der Waals surface area contributed by atoms with Crippen LogP contribution in [0, 0.1) is 5.92 Å². The molecule has 3 rings (SSSR count). The van der Waals surface area contributed by atoms with Gasteiger partial charge >= 0.3 is 0 Å². The maximum absolute atomic E-state index is 9.28. The molecule has 1 aliphatic rings. The van der Waals surface area contributed by atoms with Gasteiger partial charge in [0, 0.05) is 12.5 Å². The minimum atomic E-state index is 0.0543. The molecule has 2 heterocycles. The van der Waals surface area contributed by atoms with Gasteiger partial charge in [0.1, 0.15) is 23.9 Å². The van der Waals surface area contributed by atoms with Gasteiger partial charge in [0.25, 0.3) is 0 Å². The highest BCUT2D eigenvalue weighted by Crippen LogP contribution is 2.20. The molecule has 136 valence electrons. The predicted octanol–water partition coefficient (Wildman–Crippen LogP) is 1.40. The third-order valence-electron chi connectivity index (χ3n) is 4.44. The highest BCUT2D eigenvalue weighted by molar-refractivity contribution is 5.32. The fourth-order valence-electron chi connectivity index (χ4n) is 3.09. The van der Waals surface area contributed by atoms with Gasteiger partial charge in [-0.15, -0.1) is 0 Å². The average molecular weight is 346 g/mol. The van der Waals surface area contributed by atoms with Crippen molar-refractivity contribution in [2.45, 2.75) is 32.4 Å². The number of hydrogen-bond acceptors (Lipinski definition) is 6. The molecule has 1 aromatic heterocycles. The van der Waals surface area contributed by atoms with Crippen LogP contribution in [0.25, 0.3) is 0 Å². The molecule has 2 N–H and O–H groups in total. The molecule has 2 aromatic rings. The number of benzene rings is 1. The van der Waals surface area contributed by atoms with Crippen molar-refractivity contribution in [3.05, 3.63) is 35.9 Å². The van der Waals surface area contributed by atoms with Crippen LogP contribution in [0.3, 0.4) is 0 Å². The Bertz CT molecular complexity index is 668. The third-order valence-corrected chi connectivity index (χ3v) is 4.44. The van der Waals surface area contributed by atoms with E-state index in [1.54, 1.807) is 7.11 Å². The fourth-order valence-corrected chi connectivity index (χ4v) is 3.09. The van der Waals surface area contributed by atoms with E-state index in [-0.39, 0.29) is 6.61 Å². The van der Waals surface area contributed by atoms with Gasteiger partial charge in [-0.05, 0) is 44.0 Å². The van der Waals surface area contributed by atoms with E-state index in [2.05, 4.69) is 15.4 Å². The first-order chi connectivity index (χ1) is 12.3. The maximum atomic E-state index is 9.28. The van der Waals surface area contributed by atoms with Crippen molar-refractivity contribution in [3.63, 3.8) is 0 Å². The molecule has 0 aliphatic carbocycles. The van der Waals surface area contributed by atoms with Crippen LogP contribution in [0.5, 0.6) is 11.5 Å². The van der Waals surface area contributed by atoms with Gasteiger partial charge in [0.2, 0.25) is 0 Å². The average Bonchev–Trinajstić information content (AvgIpc) is 3.03. The molecule has 25 heavy (non-hydrogen) atoms. The first-order valence-corrected chi connectivity index (χ1v) is 8.79. The molecule has 0 unspecified atom stereocenters. The van der Waals surface area contributed by atoms with Crippen LogP contribution in [0.1, 0.15) is 24.5 Å². The Kier molecular flexibility index (Phi) is 6.25. The molecule has 1 aliphatic heterocycles. The van der Waals surface area contributed by atoms with Crippen molar-refractivity contribution < 1.29 is 14.6 Å². The second kappa shape index (κ2) is 8.82. The van der Waals surface area contributed by atoms with Gasteiger partial charge in [-0.2, -0.15) is 5.10 Å². The summed E-state index contributed by atoms with van der Waals surface area (Å²) in [5.41, 5.74) is 0. The van der Waals surface area contributed by atoms with E-state index in [4.69, 9.17) is 9.47 Å². The number of methoxy groups -OCH3 is 1. The summed E-state index contributed by atoms with van der Waals surface area (Å²) in [7, 11) is 1.63. The second-order valence-corrected chi connectivity index (χ2v) is 6.26. The van der Waals surface area contributed by atoms with Crippen molar-refractivity contribution in [3.8, 4) is 11.5 Å². The summed E-state index contributed by atoms with van der Waals surface area (Å²) in [6, 6.07) is 7.47. The summed E-state index contributed by atoms with van der Waals surface area (Å²) < 4.78 is 12.8. The van der Waals surface area contributed by atoms with Crippen molar-refractivity contribution in [1.82, 2.24) is 20.1 Å². The molecule has 1 fully saturated rings. The minimum absolute atomic E-state index is 0.0543. The van der Waals surface area contributed by atoms with Crippen LogP contribution in [0.2, 0.25) is 0 Å². The zero-order chi connectivity index (χ0) is 17.5. The van der Waals surface area contributed by atoms with Crippen LogP contribution < -0.4 is 14.8 Å². The van der Waals surface area contributed by atoms with E-state index in [9.17, 15) is 5.11 Å². The van der Waals surface area contributed by atoms with Crippen molar-refractivity contribution in [1.29, 1.82) is 0 Å². The lowest BCUT2D eigenvalue weighted by atomic mass is 9.94. The summed E-state index contributed by atoms with van der Waals surface area (Å²) in [6.45, 7) is 2.94. The monoisotopic (exact) mass is 346 g/mol. The molecule has 7 heteroatoms. The number of aliphatic hydroxyl groups excluding tert-OH is 1. The Balaban J connectivity index is 1.65. The van der Waals surface area contributed by atoms with Gasteiger partial charge in [-0.3, -0.25) is 0 Å². The number of ether oxygens (including phenoxy) is 2. The van der Waals surface area contributed by atoms with E-state index >= 15 is 0 Å². The normalized spacial score (nSPS) is 15.3. The van der Waals surface area contributed by atoms with Gasteiger partial charge < -0.3 is 19.9 Å². The third kappa shape index (κ3) is 4.93. The predicted molar refractivity (Wildman–Crippen MR) is 93.7 cm³/mol. The van der Waals surface area contributed by atoms with Crippen LogP contribution in [-0.2, 0) is 19.6 Å². The number of nitrogens with zero attached hydrogens (tertiary/aromatic N) is 3. The summed E-state index contributed by atoms with van der Waals surface area (Å²) in [6.07, 6.45) is 3.21. The molecular formula is C18H26N4O3. The summed E-state index contributed by atoms with van der Waals surface area (Å²) in [5.74, 6) is 3.67. The second-order valence-electron chi connectivity index (χ2n) is 6.26. The van der Waals surface area contributed by atoms with Gasteiger partial charge in [-0.25, -0.2) is 9.67 Å². The molecule has 1 saturated heterocycles. The van der Waals surface area contributed by atoms with Gasteiger partial charge in [-0.1, -0.05) is 6.07 Å². The van der Waals surface area contributed by atoms with Crippen LogP contribution in [0.15, 0.2) is 24.3 Å². The summed E-state index contributed by atoms with van der Waals surface area (Å²) in [4.78, 5) is 4.64. The fraction of sp³-hybridized carbons (Fsp3) is 0.556. The number of nitrogens with one attached hydrogen (secondary N) is 1. The van der Waals surface area contributed by atoms with E-state index < -0.39 is 0 Å². The largest absolute Gasteiger partial charge is 0.497 e. The summed E-state index contributed by atoms with van der Waals surface area (Å²) in [5, 5.41) is 17.2. The number of aromatic nitrogens is 3. The minimum Gasteiger partial charge on any atom is -0.497 e. The smallest absolute Gasteiger partial charge is 0.188 e. The number of piperidine rings is 1. The Hall–Kier alpha value is -2.12. The Morgan fingerprint density at radius 1 is 1.28 bits per heavy atom. The van der Waals surface area contributed by atoms with Crippen molar-refractivity contribution in [2.24, 2.45) is 5.92 Å². The van der Waals surface area contributed by atoms with Gasteiger partial charge in [0.05, 0.1) is 20.3 Å². The van der Waals surface area contributed by atoms with Crippen LogP contribution in [0.4, 0.5) is 0 Å². The molecular weight excluding hydrogens is 320 g/mol. The SMILES string of the molecule is COc1cccc(OCc2nc(CC3CCNCC3)n(CCO)n2)c1. The highest BCUT2D eigenvalue weighted by atomic mass is 16.5. The molecule has 0 bridgehead atoms. The standard InChI is InChI=1S/C18H26N4O3/c1-24-15-3-2-4-16(12-15)25-13-17-20-18(22(21-17)9-10-23)11-14-5-7-19-8-6-14/h2-4,12,14,19,23H,5-11,13H2,1H3. The first-order valence-electron chi connectivity index (χ1n) is 8.79. The number of rotatable bonds is 8. The quantitative estimate of drug-likeness (QED) is 0.752. The molecule has 1 aromatic carbocycles. The van der Waals surface area contributed by atoms with Crippen LogP contribution >= 0.6 is 0 Å². The van der Waals surface area contributed by atoms with Gasteiger partial charge in [0.15, 0.2) is 5.82 Å². The lowest BCUT2D eigenvalue weighted by Gasteiger charge is -2.22. The zero-order valence-electron chi connectivity index (χ0n) is 14.6.